The van der Waals surface area contributed by atoms with Crippen LogP contribution in [-0.4, -0.2) is 35.4 Å². The number of likely N-dealkylation sites (N-methyl/N-ethyl adjacent to an activating group) is 1. The minimum Gasteiger partial charge on any atom is -0.409 e. The van der Waals surface area contributed by atoms with Crippen molar-refractivity contribution in [3.05, 3.63) is 35.4 Å². The number of carbonyl (C=O) groups excluding carboxylic acids is 1. The van der Waals surface area contributed by atoms with Gasteiger partial charge in [0.05, 0.1) is 5.92 Å². The lowest BCUT2D eigenvalue weighted by Crippen LogP contribution is -2.38. The summed E-state index contributed by atoms with van der Waals surface area (Å²) in [6.45, 7) is 0.466. The molecule has 1 aliphatic rings. The molecule has 0 aliphatic heterocycles. The summed E-state index contributed by atoms with van der Waals surface area (Å²) in [5, 5.41) is 11.3. The van der Waals surface area contributed by atoms with Crippen LogP contribution in [0, 0.1) is 0 Å². The molecule has 1 atom stereocenters. The number of carbonyl (C=O) groups is 1. The van der Waals surface area contributed by atoms with Gasteiger partial charge in [-0.15, -0.1) is 0 Å². The topological polar surface area (TPSA) is 78.9 Å². The van der Waals surface area contributed by atoms with Gasteiger partial charge in [-0.05, 0) is 17.5 Å². The zero-order chi connectivity index (χ0) is 13.1. The largest absolute Gasteiger partial charge is 0.409 e. The molecule has 2 rings (SSSR count). The normalized spacial score (nSPS) is 17.8. The van der Waals surface area contributed by atoms with Crippen molar-refractivity contribution in [2.45, 2.75) is 18.8 Å². The molecule has 0 spiro atoms. The van der Waals surface area contributed by atoms with Gasteiger partial charge in [-0.3, -0.25) is 4.79 Å². The first-order chi connectivity index (χ1) is 8.63. The Morgan fingerprint density at radius 2 is 2.28 bits per heavy atom. The van der Waals surface area contributed by atoms with Crippen molar-refractivity contribution in [1.82, 2.24) is 4.90 Å². The average molecular weight is 247 g/mol. The second kappa shape index (κ2) is 5.08. The number of hydrogen-bond acceptors (Lipinski definition) is 3. The number of amides is 1. The fourth-order valence-corrected chi connectivity index (χ4v) is 2.19. The third-order valence-corrected chi connectivity index (χ3v) is 3.36. The number of oxime groups is 1. The van der Waals surface area contributed by atoms with Gasteiger partial charge in [-0.25, -0.2) is 0 Å². The number of amidine groups is 1. The molecule has 3 N–H and O–H groups in total. The number of nitrogens with two attached hydrogens (primary N) is 1. The van der Waals surface area contributed by atoms with Crippen molar-refractivity contribution in [3.63, 3.8) is 0 Å². The zero-order valence-corrected chi connectivity index (χ0v) is 10.3. The van der Waals surface area contributed by atoms with Gasteiger partial charge in [0.25, 0.3) is 0 Å². The van der Waals surface area contributed by atoms with Crippen LogP contribution >= 0.6 is 0 Å². The van der Waals surface area contributed by atoms with E-state index in [1.165, 1.54) is 5.56 Å². The Kier molecular flexibility index (Phi) is 3.50. The fraction of sp³-hybridized carbons (Fsp3) is 0.385. The van der Waals surface area contributed by atoms with Crippen LogP contribution in [0.25, 0.3) is 0 Å². The highest BCUT2D eigenvalue weighted by Gasteiger charge is 2.33. The van der Waals surface area contributed by atoms with Crippen molar-refractivity contribution < 1.29 is 10.0 Å². The lowest BCUT2D eigenvalue weighted by molar-refractivity contribution is -0.132. The maximum absolute atomic E-state index is 12.2. The standard InChI is InChI=1S/C13H17N3O2/c1-16(7-6-12(14)15-18)13(17)11-8-9-4-2-3-5-10(9)11/h2-5,11,18H,6-8H2,1H3,(H2,14,15). The van der Waals surface area contributed by atoms with Gasteiger partial charge in [0.2, 0.25) is 5.91 Å². The Morgan fingerprint density at radius 1 is 1.56 bits per heavy atom. The van der Waals surface area contributed by atoms with E-state index < -0.39 is 0 Å². The summed E-state index contributed by atoms with van der Waals surface area (Å²) in [6, 6.07) is 7.99. The van der Waals surface area contributed by atoms with Gasteiger partial charge in [0.15, 0.2) is 0 Å². The molecule has 5 heteroatoms. The van der Waals surface area contributed by atoms with Crippen molar-refractivity contribution in [2.75, 3.05) is 13.6 Å². The first-order valence-electron chi connectivity index (χ1n) is 5.92. The van der Waals surface area contributed by atoms with Gasteiger partial charge >= 0.3 is 0 Å². The van der Waals surface area contributed by atoms with E-state index in [2.05, 4.69) is 11.2 Å². The molecule has 1 aromatic carbocycles. The summed E-state index contributed by atoms with van der Waals surface area (Å²) < 4.78 is 0. The van der Waals surface area contributed by atoms with Crippen LogP contribution in [0.2, 0.25) is 0 Å². The molecule has 1 amide bonds. The fourth-order valence-electron chi connectivity index (χ4n) is 2.19. The van der Waals surface area contributed by atoms with Gasteiger partial charge < -0.3 is 15.8 Å². The van der Waals surface area contributed by atoms with Crippen LogP contribution < -0.4 is 5.73 Å². The van der Waals surface area contributed by atoms with Crippen molar-refractivity contribution in [3.8, 4) is 0 Å². The number of rotatable bonds is 4. The SMILES string of the molecule is CN(CCC(N)=NO)C(=O)C1Cc2ccccc21. The molecular formula is C13H17N3O2. The summed E-state index contributed by atoms with van der Waals surface area (Å²) in [5.74, 6) is 0.210. The highest BCUT2D eigenvalue weighted by molar-refractivity contribution is 5.87. The predicted molar refractivity (Wildman–Crippen MR) is 68.5 cm³/mol. The molecule has 0 bridgehead atoms. The van der Waals surface area contributed by atoms with E-state index in [1.807, 2.05) is 18.2 Å². The average Bonchev–Trinajstić information content (AvgIpc) is 2.36. The van der Waals surface area contributed by atoms with E-state index in [9.17, 15) is 4.79 Å². The van der Waals surface area contributed by atoms with E-state index >= 15 is 0 Å². The lowest BCUT2D eigenvalue weighted by atomic mass is 9.77. The van der Waals surface area contributed by atoms with Gasteiger partial charge in [-0.1, -0.05) is 29.4 Å². The number of nitrogens with zero attached hydrogens (tertiary/aromatic N) is 2. The Morgan fingerprint density at radius 3 is 2.94 bits per heavy atom. The maximum atomic E-state index is 12.2. The molecule has 0 saturated carbocycles. The highest BCUT2D eigenvalue weighted by Crippen LogP contribution is 2.35. The molecule has 1 unspecified atom stereocenters. The minimum atomic E-state index is -0.0292. The predicted octanol–water partition coefficient (Wildman–Crippen LogP) is 0.921. The van der Waals surface area contributed by atoms with Crippen LogP contribution in [-0.2, 0) is 11.2 Å². The second-order valence-electron chi connectivity index (χ2n) is 4.56. The third kappa shape index (κ3) is 2.30. The molecule has 18 heavy (non-hydrogen) atoms. The quantitative estimate of drug-likeness (QED) is 0.359. The smallest absolute Gasteiger partial charge is 0.230 e. The van der Waals surface area contributed by atoms with E-state index in [0.29, 0.717) is 13.0 Å². The molecule has 0 saturated heterocycles. The number of benzene rings is 1. The van der Waals surface area contributed by atoms with Crippen molar-refractivity contribution in [2.24, 2.45) is 10.9 Å². The van der Waals surface area contributed by atoms with E-state index in [4.69, 9.17) is 10.9 Å². The monoisotopic (exact) mass is 247 g/mol. The van der Waals surface area contributed by atoms with Crippen molar-refractivity contribution in [1.29, 1.82) is 0 Å². The Hall–Kier alpha value is -2.04. The molecule has 1 aliphatic carbocycles. The summed E-state index contributed by atoms with van der Waals surface area (Å²) in [6.07, 6.45) is 1.19. The van der Waals surface area contributed by atoms with Crippen LogP contribution in [0.1, 0.15) is 23.5 Å². The Balaban J connectivity index is 1.94. The molecule has 96 valence electrons. The second-order valence-corrected chi connectivity index (χ2v) is 4.56. The first kappa shape index (κ1) is 12.4. The molecule has 0 radical (unpaired) electrons. The molecule has 0 aromatic heterocycles. The van der Waals surface area contributed by atoms with Crippen molar-refractivity contribution >= 4 is 11.7 Å². The first-order valence-corrected chi connectivity index (χ1v) is 5.92. The van der Waals surface area contributed by atoms with Gasteiger partial charge in [-0.2, -0.15) is 0 Å². The van der Waals surface area contributed by atoms with Crippen LogP contribution in [0.4, 0.5) is 0 Å². The third-order valence-electron chi connectivity index (χ3n) is 3.36. The lowest BCUT2D eigenvalue weighted by Gasteiger charge is -2.32. The molecule has 0 fully saturated rings. The van der Waals surface area contributed by atoms with Crippen LogP contribution in [0.5, 0.6) is 0 Å². The van der Waals surface area contributed by atoms with Gasteiger partial charge in [0.1, 0.15) is 5.84 Å². The van der Waals surface area contributed by atoms with E-state index in [0.717, 1.165) is 12.0 Å². The number of hydrogen-bond donors (Lipinski definition) is 2. The Bertz CT molecular complexity index is 485. The minimum absolute atomic E-state index is 0.0292. The molecule has 1 aromatic rings. The van der Waals surface area contributed by atoms with Gasteiger partial charge in [0, 0.05) is 20.0 Å². The molecule has 5 nitrogen and oxygen atoms in total. The molecule has 0 heterocycles. The molecular weight excluding hydrogens is 230 g/mol. The van der Waals surface area contributed by atoms with E-state index in [-0.39, 0.29) is 17.7 Å². The summed E-state index contributed by atoms with van der Waals surface area (Å²) >= 11 is 0. The summed E-state index contributed by atoms with van der Waals surface area (Å²) in [4.78, 5) is 13.8. The van der Waals surface area contributed by atoms with E-state index in [1.54, 1.807) is 11.9 Å². The maximum Gasteiger partial charge on any atom is 0.230 e. The van der Waals surface area contributed by atoms with Crippen LogP contribution in [0.3, 0.4) is 0 Å². The summed E-state index contributed by atoms with van der Waals surface area (Å²) in [7, 11) is 1.74. The highest BCUT2D eigenvalue weighted by atomic mass is 16.4. The van der Waals surface area contributed by atoms with Crippen LogP contribution in [0.15, 0.2) is 29.4 Å². The Labute approximate surface area is 106 Å². The summed E-state index contributed by atoms with van der Waals surface area (Å²) in [5.41, 5.74) is 7.76. The zero-order valence-electron chi connectivity index (χ0n) is 10.3. The number of fused-ring (bicyclic) bond motifs is 1.